The van der Waals surface area contributed by atoms with Crippen molar-refractivity contribution in [2.75, 3.05) is 25.5 Å². The summed E-state index contributed by atoms with van der Waals surface area (Å²) in [6, 6.07) is -1.25. The molecule has 2 aliphatic rings. The molecular weight excluding hydrogens is 485 g/mol. The van der Waals surface area contributed by atoms with Gasteiger partial charge < -0.3 is 31.7 Å². The van der Waals surface area contributed by atoms with Crippen LogP contribution >= 0.6 is 11.8 Å². The summed E-state index contributed by atoms with van der Waals surface area (Å²) in [7, 11) is 0. The zero-order valence-electron chi connectivity index (χ0n) is 19.3. The van der Waals surface area contributed by atoms with Crippen LogP contribution in [0.25, 0.3) is 0 Å². The molecule has 0 aromatic heterocycles. The Labute approximate surface area is 206 Å². The number of ketones is 1. The average Bonchev–Trinajstić information content (AvgIpc) is 3.36. The van der Waals surface area contributed by atoms with E-state index in [1.165, 1.54) is 0 Å². The van der Waals surface area contributed by atoms with Crippen molar-refractivity contribution in [3.63, 3.8) is 0 Å². The number of halogens is 1. The second-order valence-electron chi connectivity index (χ2n) is 8.39. The molecule has 35 heavy (non-hydrogen) atoms. The molecule has 5 amide bonds. The van der Waals surface area contributed by atoms with E-state index in [9.17, 15) is 33.2 Å². The van der Waals surface area contributed by atoms with Gasteiger partial charge in [0.25, 0.3) is 0 Å². The first-order chi connectivity index (χ1) is 16.7. The predicted octanol–water partition coefficient (Wildman–Crippen LogP) is -0.777. The minimum atomic E-state index is -1.47. The summed E-state index contributed by atoms with van der Waals surface area (Å²) in [4.78, 5) is 69.0. The van der Waals surface area contributed by atoms with Gasteiger partial charge in [-0.15, -0.1) is 0 Å². The molecule has 0 radical (unpaired) electrons. The Morgan fingerprint density at radius 3 is 2.31 bits per heavy atom. The molecule has 4 atom stereocenters. The molecule has 0 saturated carbocycles. The number of nitrogens with one attached hydrogen (secondary N) is 5. The molecule has 2 aliphatic heterocycles. The summed E-state index contributed by atoms with van der Waals surface area (Å²) < 4.78 is 12.5. The van der Waals surface area contributed by atoms with Gasteiger partial charge in [0.2, 0.25) is 17.7 Å². The van der Waals surface area contributed by atoms with Gasteiger partial charge in [0, 0.05) is 43.4 Å². The molecule has 12 nitrogen and oxygen atoms in total. The Balaban J connectivity index is 1.49. The second kappa shape index (κ2) is 14.5. The number of thioether (sulfide) groups is 1. The highest BCUT2D eigenvalue weighted by Gasteiger charge is 2.42. The van der Waals surface area contributed by atoms with Crippen LogP contribution in [0.4, 0.5) is 9.18 Å². The average molecular weight is 518 g/mol. The number of urea groups is 1. The van der Waals surface area contributed by atoms with Crippen molar-refractivity contribution in [1.82, 2.24) is 26.6 Å². The number of carboxylic acid groups (broad SMARTS) is 1. The van der Waals surface area contributed by atoms with Crippen LogP contribution in [0.2, 0.25) is 0 Å². The van der Waals surface area contributed by atoms with Gasteiger partial charge in [-0.3, -0.25) is 24.0 Å². The minimum absolute atomic E-state index is 0.116. The number of alkyl halides is 1. The first-order valence-electron chi connectivity index (χ1n) is 11.5. The Kier molecular flexibility index (Phi) is 11.7. The molecule has 2 heterocycles. The van der Waals surface area contributed by atoms with E-state index < -0.39 is 42.7 Å². The maximum absolute atomic E-state index is 12.5. The molecule has 2 saturated heterocycles. The van der Waals surface area contributed by atoms with Crippen LogP contribution in [-0.2, 0) is 24.0 Å². The van der Waals surface area contributed by atoms with Crippen molar-refractivity contribution in [2.24, 2.45) is 0 Å². The standard InChI is InChI=1S/C21H32FN5O7S/c22-10-14(28)12(9-19(32)33)25-18(31)6-5-17(30)24-8-7-23-16(29)4-2-1-3-15-20-13(11-35-15)26-21(34)27-20/h12-13,15,20H,1-11H2,(H,23,29)(H,24,30)(H,25,31)(H,32,33)(H2,26,27,34)/t12?,13-,15-,20-/m0/s1. The van der Waals surface area contributed by atoms with Crippen LogP contribution in [0.3, 0.4) is 0 Å². The predicted molar refractivity (Wildman–Crippen MR) is 124 cm³/mol. The van der Waals surface area contributed by atoms with Crippen molar-refractivity contribution in [3.8, 4) is 0 Å². The summed E-state index contributed by atoms with van der Waals surface area (Å²) in [5.74, 6) is -2.84. The van der Waals surface area contributed by atoms with E-state index in [1.54, 1.807) is 0 Å². The third-order valence-corrected chi connectivity index (χ3v) is 7.17. The van der Waals surface area contributed by atoms with Crippen molar-refractivity contribution in [3.05, 3.63) is 0 Å². The number of rotatable bonds is 16. The van der Waals surface area contributed by atoms with Gasteiger partial charge >= 0.3 is 12.0 Å². The number of hydrogen-bond donors (Lipinski definition) is 6. The lowest BCUT2D eigenvalue weighted by molar-refractivity contribution is -0.140. The number of fused-ring (bicyclic) bond motifs is 1. The normalized spacial score (nSPS) is 21.3. The van der Waals surface area contributed by atoms with Crippen molar-refractivity contribution >= 4 is 47.3 Å². The highest BCUT2D eigenvalue weighted by atomic mass is 32.2. The van der Waals surface area contributed by atoms with Crippen LogP contribution in [-0.4, -0.2) is 89.5 Å². The molecule has 0 aliphatic carbocycles. The molecule has 1 unspecified atom stereocenters. The van der Waals surface area contributed by atoms with Gasteiger partial charge in [0.1, 0.15) is 12.7 Å². The third-order valence-electron chi connectivity index (χ3n) is 5.66. The molecule has 0 aromatic rings. The van der Waals surface area contributed by atoms with Crippen molar-refractivity contribution in [2.45, 2.75) is 68.3 Å². The van der Waals surface area contributed by atoms with Crippen LogP contribution in [0.15, 0.2) is 0 Å². The SMILES string of the molecule is O=C(O)CC(NC(=O)CCC(=O)NCCNC(=O)CCCC[C@@H]1SC[C@@H]2NC(=O)N[C@@H]21)C(=O)CF. The van der Waals surface area contributed by atoms with Gasteiger partial charge in [-0.05, 0) is 12.8 Å². The lowest BCUT2D eigenvalue weighted by atomic mass is 10.0. The molecule has 0 bridgehead atoms. The number of unbranched alkanes of at least 4 members (excludes halogenated alkanes) is 1. The summed E-state index contributed by atoms with van der Waals surface area (Å²) in [5.41, 5.74) is 0. The fourth-order valence-electron chi connectivity index (χ4n) is 3.86. The zero-order valence-corrected chi connectivity index (χ0v) is 20.1. The molecule has 0 spiro atoms. The van der Waals surface area contributed by atoms with E-state index in [-0.39, 0.29) is 50.0 Å². The van der Waals surface area contributed by atoms with E-state index in [4.69, 9.17) is 5.11 Å². The van der Waals surface area contributed by atoms with Gasteiger partial charge in [0.15, 0.2) is 5.78 Å². The van der Waals surface area contributed by atoms with Crippen molar-refractivity contribution in [1.29, 1.82) is 0 Å². The molecule has 196 valence electrons. The first kappa shape index (κ1) is 28.3. The smallest absolute Gasteiger partial charge is 0.315 e. The number of hydrogen-bond acceptors (Lipinski definition) is 7. The fraction of sp³-hybridized carbons (Fsp3) is 0.714. The zero-order chi connectivity index (χ0) is 25.8. The van der Waals surface area contributed by atoms with Crippen molar-refractivity contribution < 1.29 is 38.3 Å². The van der Waals surface area contributed by atoms with Crippen LogP contribution in [0.1, 0.15) is 44.9 Å². The number of carbonyl (C=O) groups is 6. The van der Waals surface area contributed by atoms with Gasteiger partial charge in [-0.25, -0.2) is 9.18 Å². The maximum Gasteiger partial charge on any atom is 0.315 e. The lowest BCUT2D eigenvalue weighted by Gasteiger charge is -2.16. The minimum Gasteiger partial charge on any atom is -0.481 e. The monoisotopic (exact) mass is 517 g/mol. The van der Waals surface area contributed by atoms with Crippen LogP contribution < -0.4 is 26.6 Å². The Morgan fingerprint density at radius 2 is 1.66 bits per heavy atom. The summed E-state index contributed by atoms with van der Waals surface area (Å²) >= 11 is 1.83. The number of amides is 5. The van der Waals surface area contributed by atoms with Gasteiger partial charge in [-0.2, -0.15) is 11.8 Å². The number of Topliss-reactive ketones (excluding diaryl/α,β-unsaturated/α-hetero) is 1. The van der Waals surface area contributed by atoms with E-state index in [1.807, 2.05) is 11.8 Å². The molecule has 2 rings (SSSR count). The van der Waals surface area contributed by atoms with Gasteiger partial charge in [0.05, 0.1) is 18.5 Å². The summed E-state index contributed by atoms with van der Waals surface area (Å²) in [5, 5.41) is 22.3. The quantitative estimate of drug-likeness (QED) is 0.114. The third kappa shape index (κ3) is 10.1. The Bertz CT molecular complexity index is 815. The van der Waals surface area contributed by atoms with Crippen LogP contribution in [0.5, 0.6) is 0 Å². The second-order valence-corrected chi connectivity index (χ2v) is 9.66. The number of aliphatic carboxylic acids is 1. The Morgan fingerprint density at radius 1 is 1.00 bits per heavy atom. The molecule has 2 fully saturated rings. The van der Waals surface area contributed by atoms with Crippen LogP contribution in [0, 0.1) is 0 Å². The molecule has 0 aromatic carbocycles. The fourth-order valence-corrected chi connectivity index (χ4v) is 5.40. The van der Waals surface area contributed by atoms with E-state index in [0.29, 0.717) is 11.7 Å². The van der Waals surface area contributed by atoms with E-state index in [2.05, 4.69) is 26.6 Å². The molecule has 14 heteroatoms. The summed E-state index contributed by atoms with van der Waals surface area (Å²) in [6.45, 7) is -1.01. The summed E-state index contributed by atoms with van der Waals surface area (Å²) in [6.07, 6.45) is 1.62. The Hall–Kier alpha value is -2.90. The number of carboxylic acids is 1. The maximum atomic E-state index is 12.5. The molecule has 6 N–H and O–H groups in total. The number of carbonyl (C=O) groups excluding carboxylic acids is 5. The van der Waals surface area contributed by atoms with E-state index in [0.717, 1.165) is 25.0 Å². The largest absolute Gasteiger partial charge is 0.481 e. The highest BCUT2D eigenvalue weighted by Crippen LogP contribution is 2.33. The topological polar surface area (TPSA) is 183 Å². The molecular formula is C21H32FN5O7S. The highest BCUT2D eigenvalue weighted by molar-refractivity contribution is 8.00. The first-order valence-corrected chi connectivity index (χ1v) is 12.6. The van der Waals surface area contributed by atoms with Gasteiger partial charge in [-0.1, -0.05) is 6.42 Å². The lowest BCUT2D eigenvalue weighted by Crippen LogP contribution is -2.43. The van der Waals surface area contributed by atoms with E-state index >= 15 is 0 Å².